The number of nitrogens with zero attached hydrogens (tertiary/aromatic N) is 5. The molecule has 174 valence electrons. The number of ether oxygens (including phenoxy) is 2. The van der Waals surface area contributed by atoms with Crippen LogP contribution in [0.15, 0.2) is 49.1 Å². The quantitative estimate of drug-likeness (QED) is 0.431. The number of fused-ring (bicyclic) bond motifs is 2. The SMILES string of the molecule is COc1nc(-c2cn3c(n2)[C@H](c2ccc4c(c2)C(C)(C)CO4)CCC3)ccc1-n1cnc(C)c1. The van der Waals surface area contributed by atoms with Crippen LogP contribution in [0.1, 0.15) is 55.3 Å². The molecule has 0 aliphatic carbocycles. The van der Waals surface area contributed by atoms with Gasteiger partial charge in [0.15, 0.2) is 0 Å². The van der Waals surface area contributed by atoms with Crippen molar-refractivity contribution in [1.29, 1.82) is 0 Å². The second-order valence-electron chi connectivity index (χ2n) is 9.95. The Morgan fingerprint density at radius 2 is 1.97 bits per heavy atom. The lowest BCUT2D eigenvalue weighted by atomic mass is 9.83. The lowest BCUT2D eigenvalue weighted by Gasteiger charge is -2.25. The molecule has 7 nitrogen and oxygen atoms in total. The third-order valence-electron chi connectivity index (χ3n) is 7.02. The lowest BCUT2D eigenvalue weighted by Crippen LogP contribution is -2.19. The van der Waals surface area contributed by atoms with Crippen LogP contribution in [0.3, 0.4) is 0 Å². The first kappa shape index (κ1) is 21.0. The number of pyridine rings is 1. The summed E-state index contributed by atoms with van der Waals surface area (Å²) in [5.74, 6) is 2.93. The summed E-state index contributed by atoms with van der Waals surface area (Å²) >= 11 is 0. The second kappa shape index (κ2) is 7.72. The van der Waals surface area contributed by atoms with Crippen LogP contribution in [0.4, 0.5) is 0 Å². The minimum absolute atomic E-state index is 0.0383. The average Bonchev–Trinajstić information content (AvgIpc) is 3.55. The molecule has 0 bridgehead atoms. The van der Waals surface area contributed by atoms with Gasteiger partial charge in [0.05, 0.1) is 31.4 Å². The fourth-order valence-electron chi connectivity index (χ4n) is 5.15. The molecule has 5 heterocycles. The van der Waals surface area contributed by atoms with E-state index in [1.165, 1.54) is 11.1 Å². The molecule has 2 aliphatic heterocycles. The highest BCUT2D eigenvalue weighted by molar-refractivity contribution is 5.59. The van der Waals surface area contributed by atoms with Crippen molar-refractivity contribution in [2.45, 2.75) is 51.5 Å². The molecular weight excluding hydrogens is 426 g/mol. The summed E-state index contributed by atoms with van der Waals surface area (Å²) in [6, 6.07) is 10.7. The van der Waals surface area contributed by atoms with Crippen LogP contribution in [0.25, 0.3) is 17.1 Å². The van der Waals surface area contributed by atoms with Gasteiger partial charge in [0, 0.05) is 35.8 Å². The number of benzene rings is 1. The third kappa shape index (κ3) is 3.38. The summed E-state index contributed by atoms with van der Waals surface area (Å²) in [6.07, 6.45) is 8.08. The van der Waals surface area contributed by atoms with Crippen LogP contribution in [-0.2, 0) is 12.0 Å². The number of hydrogen-bond donors (Lipinski definition) is 0. The van der Waals surface area contributed by atoms with Crippen LogP contribution in [0, 0.1) is 6.92 Å². The minimum Gasteiger partial charge on any atom is -0.492 e. The normalized spacial score (nSPS) is 18.3. The molecule has 34 heavy (non-hydrogen) atoms. The van der Waals surface area contributed by atoms with Gasteiger partial charge in [0.2, 0.25) is 5.88 Å². The van der Waals surface area contributed by atoms with Gasteiger partial charge in [-0.15, -0.1) is 0 Å². The highest BCUT2D eigenvalue weighted by atomic mass is 16.5. The van der Waals surface area contributed by atoms with Crippen molar-refractivity contribution in [2.75, 3.05) is 13.7 Å². The standard InChI is InChI=1S/C27H29N5O2/c1-17-13-32(16-28-17)23-9-8-21(30-26(23)33-4)22-14-31-11-5-6-19(25(31)29-22)18-7-10-24-20(12-18)27(2,3)15-34-24/h7-10,12-14,16,19H,5-6,11,15H2,1-4H3/t19-/m0/s1. The topological polar surface area (TPSA) is 67.0 Å². The molecule has 0 saturated carbocycles. The molecule has 2 aliphatic rings. The Labute approximate surface area is 199 Å². The lowest BCUT2D eigenvalue weighted by molar-refractivity contribution is 0.291. The van der Waals surface area contributed by atoms with Crippen LogP contribution in [-0.4, -0.2) is 37.8 Å². The van der Waals surface area contributed by atoms with Gasteiger partial charge in [0.1, 0.15) is 23.0 Å². The highest BCUT2D eigenvalue weighted by Gasteiger charge is 2.33. The van der Waals surface area contributed by atoms with Gasteiger partial charge >= 0.3 is 0 Å². The smallest absolute Gasteiger partial charge is 0.238 e. The average molecular weight is 456 g/mol. The summed E-state index contributed by atoms with van der Waals surface area (Å²) in [5.41, 5.74) is 6.13. The number of aryl methyl sites for hydroxylation is 2. The van der Waals surface area contributed by atoms with Crippen LogP contribution < -0.4 is 9.47 Å². The zero-order valence-electron chi connectivity index (χ0n) is 20.1. The predicted octanol–water partition coefficient (Wildman–Crippen LogP) is 5.04. The van der Waals surface area contributed by atoms with Gasteiger partial charge in [-0.25, -0.2) is 15.0 Å². The maximum absolute atomic E-state index is 5.91. The van der Waals surface area contributed by atoms with Crippen molar-refractivity contribution in [1.82, 2.24) is 24.1 Å². The van der Waals surface area contributed by atoms with Gasteiger partial charge in [-0.3, -0.25) is 0 Å². The molecule has 0 radical (unpaired) electrons. The van der Waals surface area contributed by atoms with E-state index in [-0.39, 0.29) is 11.3 Å². The van der Waals surface area contributed by atoms with Crippen molar-refractivity contribution in [3.8, 4) is 28.7 Å². The van der Waals surface area contributed by atoms with Crippen molar-refractivity contribution in [2.24, 2.45) is 0 Å². The highest BCUT2D eigenvalue weighted by Crippen LogP contribution is 2.42. The molecule has 0 amide bonds. The molecule has 1 atom stereocenters. The first-order chi connectivity index (χ1) is 16.4. The molecule has 0 unspecified atom stereocenters. The zero-order valence-corrected chi connectivity index (χ0v) is 20.1. The van der Waals surface area contributed by atoms with E-state index in [1.54, 1.807) is 13.4 Å². The Morgan fingerprint density at radius 3 is 2.76 bits per heavy atom. The van der Waals surface area contributed by atoms with E-state index in [1.807, 2.05) is 29.8 Å². The van der Waals surface area contributed by atoms with Gasteiger partial charge < -0.3 is 18.6 Å². The molecule has 7 heteroatoms. The molecule has 6 rings (SSSR count). The number of imidazole rings is 2. The summed E-state index contributed by atoms with van der Waals surface area (Å²) in [7, 11) is 1.65. The Balaban J connectivity index is 1.37. The number of rotatable bonds is 4. The molecule has 3 aromatic heterocycles. The maximum Gasteiger partial charge on any atom is 0.238 e. The Bertz CT molecular complexity index is 1380. The molecule has 0 saturated heterocycles. The van der Waals surface area contributed by atoms with Gasteiger partial charge in [-0.05, 0) is 43.5 Å². The molecule has 0 fully saturated rings. The van der Waals surface area contributed by atoms with Crippen LogP contribution in [0.5, 0.6) is 11.6 Å². The largest absolute Gasteiger partial charge is 0.492 e. The monoisotopic (exact) mass is 455 g/mol. The second-order valence-corrected chi connectivity index (χ2v) is 9.95. The van der Waals surface area contributed by atoms with Crippen molar-refractivity contribution in [3.05, 3.63) is 71.7 Å². The van der Waals surface area contributed by atoms with E-state index in [2.05, 4.69) is 47.8 Å². The van der Waals surface area contributed by atoms with Gasteiger partial charge in [-0.2, -0.15) is 0 Å². The Kier molecular flexibility index (Phi) is 4.76. The Morgan fingerprint density at radius 1 is 1.09 bits per heavy atom. The summed E-state index contributed by atoms with van der Waals surface area (Å²) in [6.45, 7) is 8.16. The van der Waals surface area contributed by atoms with Crippen molar-refractivity contribution < 1.29 is 9.47 Å². The summed E-state index contributed by atoms with van der Waals surface area (Å²) < 4.78 is 15.7. The van der Waals surface area contributed by atoms with Gasteiger partial charge in [-0.1, -0.05) is 26.0 Å². The van der Waals surface area contributed by atoms with Gasteiger partial charge in [0.25, 0.3) is 0 Å². The first-order valence-electron chi connectivity index (χ1n) is 11.8. The zero-order chi connectivity index (χ0) is 23.4. The van der Waals surface area contributed by atoms with E-state index in [9.17, 15) is 0 Å². The molecule has 0 spiro atoms. The van der Waals surface area contributed by atoms with Crippen LogP contribution in [0.2, 0.25) is 0 Å². The van der Waals surface area contributed by atoms with E-state index in [0.717, 1.165) is 60.3 Å². The molecular formula is C27H29N5O2. The molecule has 4 aromatic rings. The Hall–Kier alpha value is -3.61. The maximum atomic E-state index is 5.91. The van der Waals surface area contributed by atoms with Crippen molar-refractivity contribution >= 4 is 0 Å². The number of aromatic nitrogens is 5. The first-order valence-corrected chi connectivity index (χ1v) is 11.8. The fourth-order valence-corrected chi connectivity index (χ4v) is 5.15. The summed E-state index contributed by atoms with van der Waals surface area (Å²) in [5, 5.41) is 0. The van der Waals surface area contributed by atoms with Crippen LogP contribution >= 0.6 is 0 Å². The fraction of sp³-hybridized carbons (Fsp3) is 0.370. The molecule has 1 aromatic carbocycles. The van der Waals surface area contributed by atoms with Crippen molar-refractivity contribution in [3.63, 3.8) is 0 Å². The predicted molar refractivity (Wildman–Crippen MR) is 130 cm³/mol. The molecule has 0 N–H and O–H groups in total. The van der Waals surface area contributed by atoms with E-state index in [4.69, 9.17) is 19.4 Å². The van der Waals surface area contributed by atoms with E-state index >= 15 is 0 Å². The van der Waals surface area contributed by atoms with E-state index < -0.39 is 0 Å². The van der Waals surface area contributed by atoms with E-state index in [0.29, 0.717) is 5.88 Å². The number of methoxy groups -OCH3 is 1. The third-order valence-corrected chi connectivity index (χ3v) is 7.02. The summed E-state index contributed by atoms with van der Waals surface area (Å²) in [4.78, 5) is 14.2. The minimum atomic E-state index is 0.0383. The number of hydrogen-bond acceptors (Lipinski definition) is 5.